The Morgan fingerprint density at radius 3 is 2.58 bits per heavy atom. The van der Waals surface area contributed by atoms with Crippen LogP contribution in [0.15, 0.2) is 36.5 Å². The zero-order chi connectivity index (χ0) is 18.4. The smallest absolute Gasteiger partial charge is 0.274 e. The van der Waals surface area contributed by atoms with Gasteiger partial charge in [-0.25, -0.2) is 0 Å². The van der Waals surface area contributed by atoms with E-state index in [4.69, 9.17) is 27.9 Å². The van der Waals surface area contributed by atoms with Gasteiger partial charge in [0.25, 0.3) is 5.91 Å². The molecule has 1 aromatic carbocycles. The number of carbonyl (C=O) groups excluding carboxylic acids is 1. The number of nitrogens with one attached hydrogen (secondary N) is 2. The predicted octanol–water partition coefficient (Wildman–Crippen LogP) is 3.38. The van der Waals surface area contributed by atoms with Gasteiger partial charge in [0.05, 0.1) is 13.2 Å². The molecule has 0 saturated carbocycles. The van der Waals surface area contributed by atoms with Gasteiger partial charge in [0.15, 0.2) is 0 Å². The van der Waals surface area contributed by atoms with E-state index in [1.807, 2.05) is 6.07 Å². The SMILES string of the molecule is O=C(Nc1cc(Cl)cc(Cl)c1)c1cc(NCCN2CCOCC2)ccn1. The largest absolute Gasteiger partial charge is 0.384 e. The molecule has 2 heterocycles. The Kier molecular flexibility index (Phi) is 6.68. The minimum Gasteiger partial charge on any atom is -0.384 e. The normalized spacial score (nSPS) is 14.8. The summed E-state index contributed by atoms with van der Waals surface area (Å²) in [5, 5.41) is 6.99. The van der Waals surface area contributed by atoms with Gasteiger partial charge in [0.1, 0.15) is 5.69 Å². The van der Waals surface area contributed by atoms with Crippen LogP contribution in [0.1, 0.15) is 10.5 Å². The Bertz CT molecular complexity index is 746. The van der Waals surface area contributed by atoms with Crippen LogP contribution in [-0.4, -0.2) is 55.2 Å². The maximum Gasteiger partial charge on any atom is 0.274 e. The van der Waals surface area contributed by atoms with E-state index in [9.17, 15) is 4.79 Å². The van der Waals surface area contributed by atoms with Crippen molar-refractivity contribution < 1.29 is 9.53 Å². The predicted molar refractivity (Wildman–Crippen MR) is 104 cm³/mol. The first kappa shape index (κ1) is 18.9. The Balaban J connectivity index is 1.56. The molecule has 0 atom stereocenters. The van der Waals surface area contributed by atoms with E-state index in [0.29, 0.717) is 21.4 Å². The summed E-state index contributed by atoms with van der Waals surface area (Å²) in [6.45, 7) is 5.19. The van der Waals surface area contributed by atoms with Crippen LogP contribution in [0.2, 0.25) is 10.0 Å². The molecule has 6 nitrogen and oxygen atoms in total. The molecule has 0 radical (unpaired) electrons. The van der Waals surface area contributed by atoms with E-state index in [0.717, 1.165) is 45.1 Å². The molecule has 0 spiro atoms. The lowest BCUT2D eigenvalue weighted by Crippen LogP contribution is -2.39. The fraction of sp³-hybridized carbons (Fsp3) is 0.333. The molecule has 2 aromatic rings. The molecule has 0 bridgehead atoms. The summed E-state index contributed by atoms with van der Waals surface area (Å²) in [6.07, 6.45) is 1.61. The Hall–Kier alpha value is -1.86. The summed E-state index contributed by atoms with van der Waals surface area (Å²) in [5.41, 5.74) is 1.69. The van der Waals surface area contributed by atoms with Crippen LogP contribution in [0, 0.1) is 0 Å². The molecule has 3 rings (SSSR count). The molecule has 0 aliphatic carbocycles. The van der Waals surface area contributed by atoms with Gasteiger partial charge in [-0.05, 0) is 30.3 Å². The number of morpholine rings is 1. The molecular weight excluding hydrogens is 375 g/mol. The third-order valence-corrected chi connectivity index (χ3v) is 4.41. The fourth-order valence-corrected chi connectivity index (χ4v) is 3.19. The van der Waals surface area contributed by atoms with Gasteiger partial charge in [0.2, 0.25) is 0 Å². The van der Waals surface area contributed by atoms with Gasteiger partial charge in [-0.1, -0.05) is 23.2 Å². The number of aromatic nitrogens is 1. The molecule has 1 saturated heterocycles. The summed E-state index contributed by atoms with van der Waals surface area (Å²) in [7, 11) is 0. The Labute approximate surface area is 162 Å². The number of benzene rings is 1. The van der Waals surface area contributed by atoms with Crippen LogP contribution < -0.4 is 10.6 Å². The van der Waals surface area contributed by atoms with E-state index in [1.54, 1.807) is 30.5 Å². The number of anilines is 2. The minimum absolute atomic E-state index is 0.317. The quantitative estimate of drug-likeness (QED) is 0.785. The molecule has 8 heteroatoms. The van der Waals surface area contributed by atoms with E-state index in [-0.39, 0.29) is 5.91 Å². The van der Waals surface area contributed by atoms with Gasteiger partial charge >= 0.3 is 0 Å². The molecular formula is C18H20Cl2N4O2. The molecule has 0 unspecified atom stereocenters. The highest BCUT2D eigenvalue weighted by Gasteiger charge is 2.11. The van der Waals surface area contributed by atoms with E-state index in [2.05, 4.69) is 20.5 Å². The number of carbonyl (C=O) groups is 1. The average molecular weight is 395 g/mol. The number of ether oxygens (including phenoxy) is 1. The van der Waals surface area contributed by atoms with Crippen LogP contribution in [0.3, 0.4) is 0 Å². The first-order valence-electron chi connectivity index (χ1n) is 8.37. The average Bonchev–Trinajstić information content (AvgIpc) is 2.62. The molecule has 1 aliphatic rings. The number of halogens is 2. The van der Waals surface area contributed by atoms with Gasteiger partial charge in [0, 0.05) is 53.8 Å². The number of hydrogen-bond donors (Lipinski definition) is 2. The lowest BCUT2D eigenvalue weighted by Gasteiger charge is -2.26. The van der Waals surface area contributed by atoms with Crippen LogP contribution in [0.4, 0.5) is 11.4 Å². The van der Waals surface area contributed by atoms with E-state index in [1.165, 1.54) is 0 Å². The van der Waals surface area contributed by atoms with Crippen LogP contribution in [0.25, 0.3) is 0 Å². The molecule has 1 aliphatic heterocycles. The summed E-state index contributed by atoms with van der Waals surface area (Å²) in [6, 6.07) is 8.44. The van der Waals surface area contributed by atoms with Gasteiger partial charge < -0.3 is 15.4 Å². The monoisotopic (exact) mass is 394 g/mol. The minimum atomic E-state index is -0.319. The summed E-state index contributed by atoms with van der Waals surface area (Å²) >= 11 is 11.9. The molecule has 2 N–H and O–H groups in total. The number of pyridine rings is 1. The van der Waals surface area contributed by atoms with Crippen molar-refractivity contribution in [2.75, 3.05) is 50.0 Å². The van der Waals surface area contributed by atoms with Crippen molar-refractivity contribution in [2.24, 2.45) is 0 Å². The molecule has 26 heavy (non-hydrogen) atoms. The van der Waals surface area contributed by atoms with Crippen molar-refractivity contribution in [1.82, 2.24) is 9.88 Å². The molecule has 138 valence electrons. The summed E-state index contributed by atoms with van der Waals surface area (Å²) < 4.78 is 5.34. The van der Waals surface area contributed by atoms with Gasteiger partial charge in [-0.2, -0.15) is 0 Å². The second-order valence-electron chi connectivity index (χ2n) is 5.92. The van der Waals surface area contributed by atoms with E-state index >= 15 is 0 Å². The Morgan fingerprint density at radius 2 is 1.85 bits per heavy atom. The maximum absolute atomic E-state index is 12.4. The summed E-state index contributed by atoms with van der Waals surface area (Å²) in [4.78, 5) is 18.9. The number of rotatable bonds is 6. The first-order valence-corrected chi connectivity index (χ1v) is 9.13. The van der Waals surface area contributed by atoms with E-state index < -0.39 is 0 Å². The number of hydrogen-bond acceptors (Lipinski definition) is 5. The third-order valence-electron chi connectivity index (χ3n) is 3.97. The van der Waals surface area contributed by atoms with Crippen molar-refractivity contribution in [3.05, 3.63) is 52.3 Å². The lowest BCUT2D eigenvalue weighted by molar-refractivity contribution is 0.0398. The molecule has 1 aromatic heterocycles. The summed E-state index contributed by atoms with van der Waals surface area (Å²) in [5.74, 6) is -0.319. The fourth-order valence-electron chi connectivity index (χ4n) is 2.67. The number of amides is 1. The van der Waals surface area contributed by atoms with Crippen molar-refractivity contribution in [3.8, 4) is 0 Å². The highest BCUT2D eigenvalue weighted by Crippen LogP contribution is 2.23. The van der Waals surface area contributed by atoms with Gasteiger partial charge in [-0.3, -0.25) is 14.7 Å². The first-order chi connectivity index (χ1) is 12.6. The van der Waals surface area contributed by atoms with Crippen molar-refractivity contribution in [2.45, 2.75) is 0 Å². The van der Waals surface area contributed by atoms with Crippen LogP contribution in [0.5, 0.6) is 0 Å². The van der Waals surface area contributed by atoms with Gasteiger partial charge in [-0.15, -0.1) is 0 Å². The highest BCUT2D eigenvalue weighted by molar-refractivity contribution is 6.35. The standard InChI is InChI=1S/C18H20Cl2N4O2/c19-13-9-14(20)11-16(10-13)23-18(25)17-12-15(1-2-22-17)21-3-4-24-5-7-26-8-6-24/h1-2,9-12H,3-8H2,(H,21,22)(H,23,25). The zero-order valence-electron chi connectivity index (χ0n) is 14.2. The third kappa shape index (κ3) is 5.57. The van der Waals surface area contributed by atoms with Crippen LogP contribution in [-0.2, 0) is 4.74 Å². The van der Waals surface area contributed by atoms with Crippen LogP contribution >= 0.6 is 23.2 Å². The molecule has 1 fully saturated rings. The second kappa shape index (κ2) is 9.19. The van der Waals surface area contributed by atoms with Crippen molar-refractivity contribution in [3.63, 3.8) is 0 Å². The highest BCUT2D eigenvalue weighted by atomic mass is 35.5. The topological polar surface area (TPSA) is 66.5 Å². The zero-order valence-corrected chi connectivity index (χ0v) is 15.7. The second-order valence-corrected chi connectivity index (χ2v) is 6.80. The maximum atomic E-state index is 12.4. The Morgan fingerprint density at radius 1 is 1.12 bits per heavy atom. The number of nitrogens with zero attached hydrogens (tertiary/aromatic N) is 2. The lowest BCUT2D eigenvalue weighted by atomic mass is 10.2. The molecule has 1 amide bonds. The van der Waals surface area contributed by atoms with Crippen molar-refractivity contribution in [1.29, 1.82) is 0 Å². The van der Waals surface area contributed by atoms with Crippen molar-refractivity contribution >= 4 is 40.5 Å².